The Balaban J connectivity index is 1.67. The standard InChI is InChI=1S/C18H25N3O4S2/c1-2-19(12-14-3-4-14)13-21-16-11-15(5-6-17(16)25-18(21)26)27(22,23)20-7-9-24-10-8-20/h5-6,11,14H,2-4,7-10,12-13H2,1H3. The monoisotopic (exact) mass is 411 g/mol. The fraction of sp³-hybridized carbons (Fsp3) is 0.611. The molecule has 0 bridgehead atoms. The van der Waals surface area contributed by atoms with Crippen molar-refractivity contribution in [1.29, 1.82) is 0 Å². The highest BCUT2D eigenvalue weighted by Gasteiger charge is 2.28. The highest BCUT2D eigenvalue weighted by molar-refractivity contribution is 7.89. The summed E-state index contributed by atoms with van der Waals surface area (Å²) in [5.74, 6) is 0.773. The summed E-state index contributed by atoms with van der Waals surface area (Å²) in [5, 5.41) is 0. The molecule has 1 aromatic heterocycles. The Morgan fingerprint density at radius 3 is 2.67 bits per heavy atom. The van der Waals surface area contributed by atoms with Crippen molar-refractivity contribution < 1.29 is 17.6 Å². The van der Waals surface area contributed by atoms with Crippen molar-refractivity contribution in [2.45, 2.75) is 31.3 Å². The smallest absolute Gasteiger partial charge is 0.270 e. The second-order valence-electron chi connectivity index (χ2n) is 7.20. The molecule has 7 nitrogen and oxygen atoms in total. The minimum Gasteiger partial charge on any atom is -0.429 e. The van der Waals surface area contributed by atoms with Gasteiger partial charge < -0.3 is 9.15 Å². The number of oxazole rings is 1. The number of fused-ring (bicyclic) bond motifs is 1. The molecule has 2 heterocycles. The van der Waals surface area contributed by atoms with Crippen LogP contribution in [0, 0.1) is 10.8 Å². The number of nitrogens with zero attached hydrogens (tertiary/aromatic N) is 3. The van der Waals surface area contributed by atoms with Gasteiger partial charge in [-0.25, -0.2) is 8.42 Å². The van der Waals surface area contributed by atoms with Crippen LogP contribution in [0.1, 0.15) is 19.8 Å². The van der Waals surface area contributed by atoms with E-state index in [-0.39, 0.29) is 4.90 Å². The Kier molecular flexibility index (Phi) is 5.39. The number of sulfonamides is 1. The summed E-state index contributed by atoms with van der Waals surface area (Å²) in [5.41, 5.74) is 1.34. The molecule has 2 aromatic rings. The van der Waals surface area contributed by atoms with Crippen molar-refractivity contribution in [2.24, 2.45) is 5.92 Å². The van der Waals surface area contributed by atoms with E-state index in [1.165, 1.54) is 17.1 Å². The third-order valence-electron chi connectivity index (χ3n) is 5.25. The van der Waals surface area contributed by atoms with E-state index in [1.807, 2.05) is 4.57 Å². The molecule has 4 rings (SSSR count). The third kappa shape index (κ3) is 3.97. The predicted octanol–water partition coefficient (Wildman–Crippen LogP) is 2.67. The zero-order chi connectivity index (χ0) is 19.0. The van der Waals surface area contributed by atoms with Crippen LogP contribution in [-0.4, -0.2) is 61.6 Å². The van der Waals surface area contributed by atoms with Gasteiger partial charge in [0.05, 0.1) is 30.3 Å². The molecule has 1 aromatic carbocycles. The molecule has 2 fully saturated rings. The van der Waals surface area contributed by atoms with Crippen molar-refractivity contribution in [1.82, 2.24) is 13.8 Å². The highest BCUT2D eigenvalue weighted by atomic mass is 32.2. The summed E-state index contributed by atoms with van der Waals surface area (Å²) in [6, 6.07) is 4.98. The molecular weight excluding hydrogens is 386 g/mol. The van der Waals surface area contributed by atoms with Gasteiger partial charge >= 0.3 is 0 Å². The molecule has 0 N–H and O–H groups in total. The average Bonchev–Trinajstić information content (AvgIpc) is 3.44. The molecule has 0 atom stereocenters. The van der Waals surface area contributed by atoms with E-state index in [4.69, 9.17) is 21.4 Å². The van der Waals surface area contributed by atoms with Crippen LogP contribution in [0.5, 0.6) is 0 Å². The summed E-state index contributed by atoms with van der Waals surface area (Å²) in [7, 11) is -3.55. The van der Waals surface area contributed by atoms with Crippen LogP contribution in [-0.2, 0) is 21.4 Å². The van der Waals surface area contributed by atoms with Gasteiger partial charge in [0.1, 0.15) is 0 Å². The van der Waals surface area contributed by atoms with Crippen LogP contribution in [0.25, 0.3) is 11.1 Å². The zero-order valence-corrected chi connectivity index (χ0v) is 17.1. The second-order valence-corrected chi connectivity index (χ2v) is 9.48. The van der Waals surface area contributed by atoms with E-state index in [0.29, 0.717) is 43.4 Å². The van der Waals surface area contributed by atoms with Gasteiger partial charge in [0.25, 0.3) is 4.84 Å². The maximum absolute atomic E-state index is 13.0. The van der Waals surface area contributed by atoms with Crippen LogP contribution >= 0.6 is 12.2 Å². The normalized spacial score (nSPS) is 19.2. The molecule has 1 aliphatic heterocycles. The van der Waals surface area contributed by atoms with E-state index in [9.17, 15) is 8.42 Å². The van der Waals surface area contributed by atoms with Crippen molar-refractivity contribution >= 4 is 33.3 Å². The number of rotatable bonds is 7. The van der Waals surface area contributed by atoms with Gasteiger partial charge in [-0.3, -0.25) is 9.47 Å². The molecule has 9 heteroatoms. The van der Waals surface area contributed by atoms with Crippen LogP contribution in [0.2, 0.25) is 0 Å². The molecule has 0 amide bonds. The fourth-order valence-electron chi connectivity index (χ4n) is 3.42. The molecule has 1 aliphatic carbocycles. The lowest BCUT2D eigenvalue weighted by atomic mass is 10.3. The van der Waals surface area contributed by atoms with Gasteiger partial charge in [-0.05, 0) is 55.7 Å². The van der Waals surface area contributed by atoms with Gasteiger partial charge in [0.2, 0.25) is 10.0 Å². The van der Waals surface area contributed by atoms with Crippen molar-refractivity contribution in [3.05, 3.63) is 23.0 Å². The van der Waals surface area contributed by atoms with E-state index in [2.05, 4.69) is 11.8 Å². The fourth-order valence-corrected chi connectivity index (χ4v) is 5.10. The van der Waals surface area contributed by atoms with Crippen LogP contribution in [0.15, 0.2) is 27.5 Å². The molecule has 148 valence electrons. The third-order valence-corrected chi connectivity index (χ3v) is 7.45. The lowest BCUT2D eigenvalue weighted by molar-refractivity contribution is 0.0730. The zero-order valence-electron chi connectivity index (χ0n) is 15.5. The number of hydrogen-bond acceptors (Lipinski definition) is 6. The Bertz CT molecular complexity index is 972. The lowest BCUT2D eigenvalue weighted by Gasteiger charge is -2.26. The number of morpholine rings is 1. The first kappa shape index (κ1) is 19.1. The Morgan fingerprint density at radius 2 is 2.00 bits per heavy atom. The van der Waals surface area contributed by atoms with Gasteiger partial charge in [-0.1, -0.05) is 6.92 Å². The van der Waals surface area contributed by atoms with E-state index in [1.54, 1.807) is 18.2 Å². The van der Waals surface area contributed by atoms with Gasteiger partial charge in [-0.15, -0.1) is 0 Å². The minimum absolute atomic E-state index is 0.270. The minimum atomic E-state index is -3.55. The number of aromatic nitrogens is 1. The summed E-state index contributed by atoms with van der Waals surface area (Å²) < 4.78 is 40.3. The Labute approximate surface area is 164 Å². The van der Waals surface area contributed by atoms with Crippen LogP contribution in [0.3, 0.4) is 0 Å². The molecule has 0 spiro atoms. The number of hydrogen-bond donors (Lipinski definition) is 0. The molecule has 1 saturated carbocycles. The Morgan fingerprint density at radius 1 is 1.26 bits per heavy atom. The van der Waals surface area contributed by atoms with Crippen molar-refractivity contribution in [3.63, 3.8) is 0 Å². The first-order valence-corrected chi connectivity index (χ1v) is 11.3. The van der Waals surface area contributed by atoms with E-state index in [0.717, 1.165) is 24.5 Å². The summed E-state index contributed by atoms with van der Waals surface area (Å²) in [6.07, 6.45) is 2.58. The summed E-state index contributed by atoms with van der Waals surface area (Å²) in [4.78, 5) is 2.97. The molecule has 2 aliphatic rings. The van der Waals surface area contributed by atoms with Crippen molar-refractivity contribution in [3.8, 4) is 0 Å². The first-order chi connectivity index (χ1) is 13.0. The summed E-state index contributed by atoms with van der Waals surface area (Å²) in [6.45, 7) is 6.30. The second kappa shape index (κ2) is 7.63. The molecule has 1 saturated heterocycles. The van der Waals surface area contributed by atoms with E-state index >= 15 is 0 Å². The lowest BCUT2D eigenvalue weighted by Crippen LogP contribution is -2.40. The topological polar surface area (TPSA) is 67.9 Å². The molecule has 0 radical (unpaired) electrons. The molecule has 27 heavy (non-hydrogen) atoms. The van der Waals surface area contributed by atoms with Gasteiger partial charge in [-0.2, -0.15) is 4.31 Å². The number of ether oxygens (including phenoxy) is 1. The quantitative estimate of drug-likeness (QED) is 0.653. The molecular formula is C18H25N3O4S2. The predicted molar refractivity (Wildman–Crippen MR) is 105 cm³/mol. The summed E-state index contributed by atoms with van der Waals surface area (Å²) >= 11 is 5.40. The van der Waals surface area contributed by atoms with Crippen molar-refractivity contribution in [2.75, 3.05) is 39.4 Å². The number of benzene rings is 1. The largest absolute Gasteiger partial charge is 0.429 e. The van der Waals surface area contributed by atoms with Gasteiger partial charge in [0.15, 0.2) is 5.58 Å². The highest BCUT2D eigenvalue weighted by Crippen LogP contribution is 2.30. The Hall–Kier alpha value is -1.26. The maximum atomic E-state index is 13.0. The van der Waals surface area contributed by atoms with Gasteiger partial charge in [0, 0.05) is 19.6 Å². The van der Waals surface area contributed by atoms with Crippen LogP contribution in [0.4, 0.5) is 0 Å². The molecule has 0 unspecified atom stereocenters. The van der Waals surface area contributed by atoms with E-state index < -0.39 is 10.0 Å². The van der Waals surface area contributed by atoms with Crippen LogP contribution < -0.4 is 0 Å². The average molecular weight is 412 g/mol. The SMILES string of the molecule is CCN(CC1CC1)Cn1c(=S)oc2ccc(S(=O)(=O)N3CCOCC3)cc21. The maximum Gasteiger partial charge on any atom is 0.270 e. The first-order valence-electron chi connectivity index (χ1n) is 9.42.